The van der Waals surface area contributed by atoms with E-state index in [-0.39, 0.29) is 12.4 Å². The van der Waals surface area contributed by atoms with Crippen molar-refractivity contribution < 1.29 is 4.74 Å². The van der Waals surface area contributed by atoms with E-state index in [1.54, 1.807) is 12.4 Å². The molecule has 4 aromatic heterocycles. The van der Waals surface area contributed by atoms with Crippen LogP contribution in [-0.4, -0.2) is 56.1 Å². The van der Waals surface area contributed by atoms with Crippen molar-refractivity contribution in [3.63, 3.8) is 0 Å². The number of ether oxygens (including phenoxy) is 1. The molecule has 5 aromatic rings. The monoisotopic (exact) mass is 488 g/mol. The third-order valence-electron chi connectivity index (χ3n) is 5.88. The molecule has 9 nitrogen and oxygen atoms in total. The van der Waals surface area contributed by atoms with E-state index in [9.17, 15) is 0 Å². The maximum atomic E-state index is 5.56. The molecule has 6 rings (SSSR count). The minimum atomic E-state index is 0. The fourth-order valence-electron chi connectivity index (χ4n) is 4.18. The van der Waals surface area contributed by atoms with Gasteiger partial charge in [0.25, 0.3) is 0 Å². The number of nitrogens with zero attached hydrogens (tertiary/aromatic N) is 6. The summed E-state index contributed by atoms with van der Waals surface area (Å²) in [6, 6.07) is 18.2. The summed E-state index contributed by atoms with van der Waals surface area (Å²) in [4.78, 5) is 11.2. The Balaban J connectivity index is 0.00000253. The molecule has 0 aliphatic carbocycles. The van der Waals surface area contributed by atoms with Gasteiger partial charge in [0.15, 0.2) is 11.5 Å². The van der Waals surface area contributed by atoms with E-state index in [0.717, 1.165) is 47.1 Å². The molecule has 0 unspecified atom stereocenters. The molecule has 0 bridgehead atoms. The molecule has 2 N–H and O–H groups in total. The third-order valence-corrected chi connectivity index (χ3v) is 5.88. The summed E-state index contributed by atoms with van der Waals surface area (Å²) >= 11 is 0. The number of fused-ring (bicyclic) bond motifs is 1. The van der Waals surface area contributed by atoms with Gasteiger partial charge in [-0.2, -0.15) is 14.7 Å². The number of pyridine rings is 1. The zero-order chi connectivity index (χ0) is 22.9. The van der Waals surface area contributed by atoms with Crippen molar-refractivity contribution >= 4 is 35.5 Å². The second kappa shape index (κ2) is 9.73. The highest BCUT2D eigenvalue weighted by Crippen LogP contribution is 2.28. The molecule has 0 amide bonds. The van der Waals surface area contributed by atoms with Gasteiger partial charge in [0.1, 0.15) is 11.6 Å². The second-order valence-corrected chi connectivity index (χ2v) is 8.30. The Hall–Kier alpha value is -3.95. The zero-order valence-electron chi connectivity index (χ0n) is 19.2. The van der Waals surface area contributed by atoms with Crippen LogP contribution in [0.3, 0.4) is 0 Å². The lowest BCUT2D eigenvalue weighted by molar-refractivity contribution is 0.122. The van der Waals surface area contributed by atoms with Gasteiger partial charge in [-0.25, -0.2) is 4.98 Å². The molecule has 0 spiro atoms. The molecular weight excluding hydrogens is 464 g/mol. The highest BCUT2D eigenvalue weighted by molar-refractivity contribution is 5.85. The van der Waals surface area contributed by atoms with E-state index >= 15 is 0 Å². The first-order valence-corrected chi connectivity index (χ1v) is 11.3. The number of hydrogen-bond acceptors (Lipinski definition) is 7. The van der Waals surface area contributed by atoms with Gasteiger partial charge in [-0.3, -0.25) is 10.1 Å². The first-order valence-electron chi connectivity index (χ1n) is 11.3. The number of aromatic amines is 1. The number of halogens is 1. The molecule has 5 heterocycles. The molecule has 0 saturated carbocycles. The standard InChI is InChI=1S/C25H24N8O.ClH/c1-17-3-2-4-19(13-17)20-14-23(30-29-20)27-22-16-25(32-9-11-34-12-10-32)33-24(28-22)15-21(31-33)18-5-7-26-8-6-18;/h2-8,13-16H,9-12H2,1H3,(H2,27,28,29,30);1H. The van der Waals surface area contributed by atoms with Gasteiger partial charge >= 0.3 is 0 Å². The number of H-pyrrole nitrogens is 1. The van der Waals surface area contributed by atoms with E-state index in [1.165, 1.54) is 5.56 Å². The maximum Gasteiger partial charge on any atom is 0.160 e. The smallest absolute Gasteiger partial charge is 0.160 e. The Morgan fingerprint density at radius 2 is 1.77 bits per heavy atom. The second-order valence-electron chi connectivity index (χ2n) is 8.30. The van der Waals surface area contributed by atoms with Crippen molar-refractivity contribution in [1.29, 1.82) is 0 Å². The minimum Gasteiger partial charge on any atom is -0.378 e. The van der Waals surface area contributed by atoms with Gasteiger partial charge in [0.05, 0.1) is 24.6 Å². The molecule has 0 atom stereocenters. The molecule has 1 aromatic carbocycles. The van der Waals surface area contributed by atoms with E-state index in [0.29, 0.717) is 24.8 Å². The van der Waals surface area contributed by atoms with Crippen LogP contribution < -0.4 is 10.2 Å². The average molecular weight is 489 g/mol. The fourth-order valence-corrected chi connectivity index (χ4v) is 4.18. The number of anilines is 3. The molecule has 1 fully saturated rings. The summed E-state index contributed by atoms with van der Waals surface area (Å²) in [5.74, 6) is 2.37. The van der Waals surface area contributed by atoms with Crippen molar-refractivity contribution in [3.8, 4) is 22.5 Å². The number of aryl methyl sites for hydroxylation is 1. The van der Waals surface area contributed by atoms with Crippen molar-refractivity contribution in [2.75, 3.05) is 36.5 Å². The normalized spacial score (nSPS) is 13.6. The van der Waals surface area contributed by atoms with Crippen molar-refractivity contribution in [2.24, 2.45) is 0 Å². The highest BCUT2D eigenvalue weighted by atomic mass is 35.5. The Bertz CT molecular complexity index is 1440. The topological polar surface area (TPSA) is 96.3 Å². The summed E-state index contributed by atoms with van der Waals surface area (Å²) in [5.41, 5.74) is 5.85. The lowest BCUT2D eigenvalue weighted by Crippen LogP contribution is -2.37. The van der Waals surface area contributed by atoms with Gasteiger partial charge in [0, 0.05) is 49.2 Å². The minimum absolute atomic E-state index is 0. The molecule has 178 valence electrons. The largest absolute Gasteiger partial charge is 0.378 e. The average Bonchev–Trinajstić information content (AvgIpc) is 3.52. The molecule has 1 aliphatic heterocycles. The Kier molecular flexibility index (Phi) is 6.35. The van der Waals surface area contributed by atoms with Crippen LogP contribution in [0.5, 0.6) is 0 Å². The molecule has 10 heteroatoms. The summed E-state index contributed by atoms with van der Waals surface area (Å²) in [7, 11) is 0. The number of rotatable bonds is 5. The predicted molar refractivity (Wildman–Crippen MR) is 139 cm³/mol. The third kappa shape index (κ3) is 4.68. The number of nitrogens with one attached hydrogen (secondary N) is 2. The zero-order valence-corrected chi connectivity index (χ0v) is 20.0. The Morgan fingerprint density at radius 1 is 0.943 bits per heavy atom. The van der Waals surface area contributed by atoms with E-state index in [4.69, 9.17) is 14.8 Å². The van der Waals surface area contributed by atoms with Crippen molar-refractivity contribution in [2.45, 2.75) is 6.92 Å². The summed E-state index contributed by atoms with van der Waals surface area (Å²) in [6.07, 6.45) is 3.54. The van der Waals surface area contributed by atoms with Crippen LogP contribution in [0.15, 0.2) is 67.0 Å². The first kappa shape index (κ1) is 22.8. The van der Waals surface area contributed by atoms with Crippen molar-refractivity contribution in [3.05, 3.63) is 72.6 Å². The number of aromatic nitrogens is 6. The summed E-state index contributed by atoms with van der Waals surface area (Å²) in [5, 5.41) is 15.8. The summed E-state index contributed by atoms with van der Waals surface area (Å²) < 4.78 is 7.46. The van der Waals surface area contributed by atoms with Crippen LogP contribution >= 0.6 is 12.4 Å². The van der Waals surface area contributed by atoms with E-state index in [2.05, 4.69) is 50.5 Å². The fraction of sp³-hybridized carbons (Fsp3) is 0.200. The molecule has 1 saturated heterocycles. The van der Waals surface area contributed by atoms with Gasteiger partial charge in [-0.1, -0.05) is 23.8 Å². The SMILES string of the molecule is Cc1cccc(-c2cc(Nc3cc(N4CCOCC4)n4nc(-c5ccncc5)cc4n3)n[nH]2)c1.Cl. The number of hydrogen-bond donors (Lipinski definition) is 2. The van der Waals surface area contributed by atoms with Gasteiger partial charge in [-0.15, -0.1) is 12.4 Å². The first-order chi connectivity index (χ1) is 16.7. The maximum absolute atomic E-state index is 5.56. The van der Waals surface area contributed by atoms with E-state index < -0.39 is 0 Å². The highest BCUT2D eigenvalue weighted by Gasteiger charge is 2.19. The van der Waals surface area contributed by atoms with E-state index in [1.807, 2.05) is 40.9 Å². The lowest BCUT2D eigenvalue weighted by Gasteiger charge is -2.29. The van der Waals surface area contributed by atoms with Gasteiger partial charge in [-0.05, 0) is 30.7 Å². The van der Waals surface area contributed by atoms with Crippen LogP contribution in [0, 0.1) is 6.92 Å². The van der Waals surface area contributed by atoms with Crippen LogP contribution in [0.4, 0.5) is 17.5 Å². The Labute approximate surface area is 208 Å². The predicted octanol–water partition coefficient (Wildman–Crippen LogP) is 4.49. The van der Waals surface area contributed by atoms with Crippen LogP contribution in [0.25, 0.3) is 28.2 Å². The van der Waals surface area contributed by atoms with Gasteiger partial charge < -0.3 is 15.0 Å². The van der Waals surface area contributed by atoms with Crippen LogP contribution in [0.2, 0.25) is 0 Å². The lowest BCUT2D eigenvalue weighted by atomic mass is 10.1. The molecule has 0 radical (unpaired) electrons. The summed E-state index contributed by atoms with van der Waals surface area (Å²) in [6.45, 7) is 5.04. The van der Waals surface area contributed by atoms with Crippen LogP contribution in [0.1, 0.15) is 5.56 Å². The van der Waals surface area contributed by atoms with Crippen molar-refractivity contribution in [1.82, 2.24) is 29.8 Å². The van der Waals surface area contributed by atoms with Gasteiger partial charge in [0.2, 0.25) is 0 Å². The molecule has 35 heavy (non-hydrogen) atoms. The molecule has 1 aliphatic rings. The molecular formula is C25H25ClN8O. The number of benzene rings is 1. The van der Waals surface area contributed by atoms with Crippen LogP contribution in [-0.2, 0) is 4.74 Å². The Morgan fingerprint density at radius 3 is 2.57 bits per heavy atom. The quantitative estimate of drug-likeness (QED) is 0.376. The number of morpholine rings is 1.